The Bertz CT molecular complexity index is 675. The number of benzene rings is 1. The van der Waals surface area contributed by atoms with Crippen molar-refractivity contribution < 1.29 is 9.90 Å². The Morgan fingerprint density at radius 1 is 1.45 bits per heavy atom. The molecule has 0 amide bonds. The molecule has 1 aromatic carbocycles. The number of carbonyl (C=O) groups is 1. The van der Waals surface area contributed by atoms with Gasteiger partial charge in [-0.1, -0.05) is 29.5 Å². The molecule has 2 rings (SSSR count). The second-order valence-electron chi connectivity index (χ2n) is 4.21. The zero-order valence-corrected chi connectivity index (χ0v) is 11.6. The van der Waals surface area contributed by atoms with Gasteiger partial charge in [-0.05, 0) is 18.6 Å². The van der Waals surface area contributed by atoms with E-state index in [-0.39, 0.29) is 12.4 Å². The average Bonchev–Trinajstić information content (AvgIpc) is 2.68. The van der Waals surface area contributed by atoms with Gasteiger partial charge in [0.2, 0.25) is 5.13 Å². The molecular weight excluding hydrogens is 276 g/mol. The van der Waals surface area contributed by atoms with Crippen molar-refractivity contribution in [3.8, 4) is 11.3 Å². The zero-order chi connectivity index (χ0) is 14.7. The summed E-state index contributed by atoms with van der Waals surface area (Å²) < 4.78 is 0. The van der Waals surface area contributed by atoms with Gasteiger partial charge in [0.1, 0.15) is 0 Å². The van der Waals surface area contributed by atoms with Gasteiger partial charge >= 0.3 is 5.97 Å². The summed E-state index contributed by atoms with van der Waals surface area (Å²) in [6.07, 6.45) is -0.0161. The molecule has 7 heteroatoms. The van der Waals surface area contributed by atoms with Crippen LogP contribution in [0.3, 0.4) is 0 Å². The first-order valence-electron chi connectivity index (χ1n) is 5.84. The molecule has 0 atom stereocenters. The van der Waals surface area contributed by atoms with E-state index in [2.05, 4.69) is 9.98 Å². The maximum absolute atomic E-state index is 10.7. The van der Waals surface area contributed by atoms with Crippen molar-refractivity contribution in [1.82, 2.24) is 4.98 Å². The fourth-order valence-electron chi connectivity index (χ4n) is 1.81. The summed E-state index contributed by atoms with van der Waals surface area (Å²) in [4.78, 5) is 20.0. The first kappa shape index (κ1) is 14.0. The van der Waals surface area contributed by atoms with Crippen LogP contribution in [0.4, 0.5) is 5.13 Å². The van der Waals surface area contributed by atoms with E-state index in [1.807, 2.05) is 25.1 Å². The molecule has 1 aromatic heterocycles. The number of carboxylic acids is 1. The van der Waals surface area contributed by atoms with Crippen LogP contribution in [-0.4, -0.2) is 22.0 Å². The smallest absolute Gasteiger partial charge is 0.307 e. The quantitative estimate of drug-likeness (QED) is 0.585. The third-order valence-corrected chi connectivity index (χ3v) is 3.43. The van der Waals surface area contributed by atoms with E-state index in [1.165, 1.54) is 11.3 Å². The summed E-state index contributed by atoms with van der Waals surface area (Å²) in [7, 11) is 0. The summed E-state index contributed by atoms with van der Waals surface area (Å²) in [5.74, 6) is -0.900. The number of hydrogen-bond donors (Lipinski definition) is 3. The normalized spacial score (nSPS) is 10.2. The van der Waals surface area contributed by atoms with Gasteiger partial charge in [-0.15, -0.1) is 0 Å². The third kappa shape index (κ3) is 3.33. The molecule has 0 radical (unpaired) electrons. The predicted octanol–water partition coefficient (Wildman–Crippen LogP) is 1.65. The van der Waals surface area contributed by atoms with E-state index in [4.69, 9.17) is 16.6 Å². The van der Waals surface area contributed by atoms with Crippen molar-refractivity contribution >= 4 is 28.4 Å². The number of aliphatic imine (C=N–C) groups is 1. The number of carboxylic acid groups (broad SMARTS) is 1. The Balaban J connectivity index is 2.38. The molecule has 104 valence electrons. The zero-order valence-electron chi connectivity index (χ0n) is 10.8. The molecule has 5 N–H and O–H groups in total. The van der Waals surface area contributed by atoms with Crippen molar-refractivity contribution in [1.29, 1.82) is 0 Å². The lowest BCUT2D eigenvalue weighted by Gasteiger charge is -2.02. The molecular formula is C13H14N4O2S. The highest BCUT2D eigenvalue weighted by Crippen LogP contribution is 2.32. The van der Waals surface area contributed by atoms with Crippen LogP contribution in [0.25, 0.3) is 11.3 Å². The van der Waals surface area contributed by atoms with E-state index < -0.39 is 5.97 Å². The van der Waals surface area contributed by atoms with Crippen molar-refractivity contribution in [2.75, 3.05) is 0 Å². The number of hydrogen-bond acceptors (Lipinski definition) is 4. The van der Waals surface area contributed by atoms with Crippen LogP contribution in [0.2, 0.25) is 0 Å². The molecule has 6 nitrogen and oxygen atoms in total. The second-order valence-corrected chi connectivity index (χ2v) is 5.39. The molecule has 0 saturated heterocycles. The summed E-state index contributed by atoms with van der Waals surface area (Å²) in [6, 6.07) is 7.28. The van der Waals surface area contributed by atoms with E-state index in [0.717, 1.165) is 21.7 Å². The SMILES string of the molecule is Cc1sc(N=C(N)N)nc1-c1cccc(CC(=O)O)c1. The van der Waals surface area contributed by atoms with Gasteiger partial charge in [-0.2, -0.15) is 4.99 Å². The third-order valence-electron chi connectivity index (χ3n) is 2.57. The Labute approximate surface area is 119 Å². The summed E-state index contributed by atoms with van der Waals surface area (Å²) >= 11 is 1.38. The van der Waals surface area contributed by atoms with Gasteiger partial charge in [0.15, 0.2) is 5.96 Å². The number of nitrogens with two attached hydrogens (primary N) is 2. The van der Waals surface area contributed by atoms with Crippen molar-refractivity contribution in [3.63, 3.8) is 0 Å². The highest BCUT2D eigenvalue weighted by molar-refractivity contribution is 7.15. The first-order valence-corrected chi connectivity index (χ1v) is 6.65. The number of thiazole rings is 1. The van der Waals surface area contributed by atoms with Gasteiger partial charge in [0, 0.05) is 10.4 Å². The van der Waals surface area contributed by atoms with E-state index in [1.54, 1.807) is 6.07 Å². The fourth-order valence-corrected chi connectivity index (χ4v) is 2.63. The van der Waals surface area contributed by atoms with Crippen LogP contribution in [0.1, 0.15) is 10.4 Å². The van der Waals surface area contributed by atoms with Crippen LogP contribution >= 0.6 is 11.3 Å². The number of nitrogens with zero attached hydrogens (tertiary/aromatic N) is 2. The fraction of sp³-hybridized carbons (Fsp3) is 0.154. The molecule has 0 spiro atoms. The maximum atomic E-state index is 10.7. The molecule has 0 saturated carbocycles. The standard InChI is InChI=1S/C13H14N4O2S/c1-7-11(16-13(20-7)17-12(14)15)9-4-2-3-8(5-9)6-10(18)19/h2-5H,6H2,1H3,(H,18,19)(H4,14,15,16,17). The Hall–Kier alpha value is -2.41. The van der Waals surface area contributed by atoms with Gasteiger partial charge < -0.3 is 16.6 Å². The van der Waals surface area contributed by atoms with Gasteiger partial charge in [-0.3, -0.25) is 4.79 Å². The first-order chi connectivity index (χ1) is 9.45. The maximum Gasteiger partial charge on any atom is 0.307 e. The van der Waals surface area contributed by atoms with E-state index >= 15 is 0 Å². The van der Waals surface area contributed by atoms with Crippen molar-refractivity contribution in [2.24, 2.45) is 16.5 Å². The summed E-state index contributed by atoms with van der Waals surface area (Å²) in [5, 5.41) is 9.31. The average molecular weight is 290 g/mol. The minimum absolute atomic E-state index is 0.0161. The van der Waals surface area contributed by atoms with Crippen molar-refractivity contribution in [3.05, 3.63) is 34.7 Å². The van der Waals surface area contributed by atoms with Crippen LogP contribution in [0.15, 0.2) is 29.3 Å². The number of aliphatic carboxylic acids is 1. The molecule has 0 aliphatic heterocycles. The largest absolute Gasteiger partial charge is 0.481 e. The number of guanidine groups is 1. The predicted molar refractivity (Wildman–Crippen MR) is 79.1 cm³/mol. The van der Waals surface area contributed by atoms with E-state index in [0.29, 0.717) is 5.13 Å². The van der Waals surface area contributed by atoms with Crippen LogP contribution in [0.5, 0.6) is 0 Å². The number of rotatable bonds is 4. The monoisotopic (exact) mass is 290 g/mol. The minimum atomic E-state index is -0.863. The lowest BCUT2D eigenvalue weighted by atomic mass is 10.1. The second kappa shape index (κ2) is 5.70. The minimum Gasteiger partial charge on any atom is -0.481 e. The van der Waals surface area contributed by atoms with E-state index in [9.17, 15) is 4.79 Å². The number of aryl methyl sites for hydroxylation is 1. The highest BCUT2D eigenvalue weighted by Gasteiger charge is 2.11. The molecule has 0 bridgehead atoms. The van der Waals surface area contributed by atoms with Gasteiger partial charge in [0.05, 0.1) is 12.1 Å². The summed E-state index contributed by atoms with van der Waals surface area (Å²) in [5.41, 5.74) is 13.0. The summed E-state index contributed by atoms with van der Waals surface area (Å²) in [6.45, 7) is 1.92. The van der Waals surface area contributed by atoms with Gasteiger partial charge in [0.25, 0.3) is 0 Å². The Kier molecular flexibility index (Phi) is 3.99. The molecule has 1 heterocycles. The number of aromatic nitrogens is 1. The van der Waals surface area contributed by atoms with Crippen LogP contribution in [0, 0.1) is 6.92 Å². The molecule has 2 aromatic rings. The molecule has 0 aliphatic rings. The molecule has 0 aliphatic carbocycles. The molecule has 0 fully saturated rings. The molecule has 20 heavy (non-hydrogen) atoms. The highest BCUT2D eigenvalue weighted by atomic mass is 32.1. The lowest BCUT2D eigenvalue weighted by molar-refractivity contribution is -0.136. The van der Waals surface area contributed by atoms with Gasteiger partial charge in [-0.25, -0.2) is 4.98 Å². The Morgan fingerprint density at radius 3 is 2.85 bits per heavy atom. The Morgan fingerprint density at radius 2 is 2.20 bits per heavy atom. The topological polar surface area (TPSA) is 115 Å². The molecule has 0 unspecified atom stereocenters. The van der Waals surface area contributed by atoms with Crippen LogP contribution < -0.4 is 11.5 Å². The van der Waals surface area contributed by atoms with Crippen LogP contribution in [-0.2, 0) is 11.2 Å². The lowest BCUT2D eigenvalue weighted by Crippen LogP contribution is -2.21. The van der Waals surface area contributed by atoms with Crippen molar-refractivity contribution in [2.45, 2.75) is 13.3 Å².